The minimum atomic E-state index is -1.14. The third kappa shape index (κ3) is 30.3. The molecule has 0 N–H and O–H groups in total. The quantitative estimate of drug-likeness (QED) is 0.0252. The minimum absolute atomic E-state index is 0.00638. The first-order chi connectivity index (χ1) is 23.6. The van der Waals surface area contributed by atoms with Gasteiger partial charge in [-0.05, 0) is 64.2 Å². The molecule has 0 fully saturated rings. The third-order valence-electron chi connectivity index (χ3n) is 7.37. The van der Waals surface area contributed by atoms with Gasteiger partial charge in [-0.25, -0.2) is 0 Å². The second kappa shape index (κ2) is 31.8. The van der Waals surface area contributed by atoms with Crippen molar-refractivity contribution in [1.82, 2.24) is 0 Å². The van der Waals surface area contributed by atoms with Crippen molar-refractivity contribution >= 4 is 17.9 Å². The second-order valence-corrected chi connectivity index (χ2v) is 12.8. The predicted molar refractivity (Wildman–Crippen MR) is 198 cm³/mol. The van der Waals surface area contributed by atoms with Crippen molar-refractivity contribution in [2.24, 2.45) is 0 Å². The number of hydrogen-bond acceptors (Lipinski definition) is 7. The summed E-state index contributed by atoms with van der Waals surface area (Å²) in [4.78, 5) is 36.6. The number of likely N-dealkylation sites (N-methyl/N-ethyl adjacent to an activating group) is 1. The molecule has 0 aromatic heterocycles. The smallest absolute Gasteiger partial charge is 0.306 e. The number of carboxylic acids is 1. The van der Waals surface area contributed by atoms with Gasteiger partial charge in [-0.2, -0.15) is 0 Å². The van der Waals surface area contributed by atoms with Crippen LogP contribution in [0.1, 0.15) is 104 Å². The number of aliphatic carboxylic acids is 1. The summed E-state index contributed by atoms with van der Waals surface area (Å²) >= 11 is 0. The van der Waals surface area contributed by atoms with E-state index in [0.29, 0.717) is 12.8 Å². The van der Waals surface area contributed by atoms with Gasteiger partial charge >= 0.3 is 11.9 Å². The Morgan fingerprint density at radius 1 is 0.633 bits per heavy atom. The summed E-state index contributed by atoms with van der Waals surface area (Å²) in [5, 5.41) is 11.6. The summed E-state index contributed by atoms with van der Waals surface area (Å²) < 4.78 is 17.0. The highest BCUT2D eigenvalue weighted by Crippen LogP contribution is 2.10. The highest BCUT2D eigenvalue weighted by Gasteiger charge is 2.25. The molecule has 0 saturated heterocycles. The molecular weight excluding hydrogens is 618 g/mol. The van der Waals surface area contributed by atoms with Crippen LogP contribution in [0.2, 0.25) is 0 Å². The summed E-state index contributed by atoms with van der Waals surface area (Å²) in [6.45, 7) is 4.27. The maximum Gasteiger partial charge on any atom is 0.306 e. The van der Waals surface area contributed by atoms with Gasteiger partial charge in [-0.3, -0.25) is 9.59 Å². The maximum absolute atomic E-state index is 12.6. The molecular formula is C41H65NO7. The first kappa shape index (κ1) is 45.5. The van der Waals surface area contributed by atoms with Crippen LogP contribution in [0.5, 0.6) is 0 Å². The third-order valence-corrected chi connectivity index (χ3v) is 7.37. The number of allylic oxidation sites excluding steroid dienone is 14. The zero-order valence-corrected chi connectivity index (χ0v) is 31.1. The number of ether oxygens (including phenoxy) is 3. The highest BCUT2D eigenvalue weighted by molar-refractivity contribution is 5.70. The van der Waals surface area contributed by atoms with Crippen LogP contribution >= 0.6 is 0 Å². The Morgan fingerprint density at radius 3 is 1.84 bits per heavy atom. The van der Waals surface area contributed by atoms with Gasteiger partial charge in [0.15, 0.2) is 6.10 Å². The Kier molecular flexibility index (Phi) is 29.5. The van der Waals surface area contributed by atoms with Crippen LogP contribution in [-0.4, -0.2) is 75.5 Å². The lowest BCUT2D eigenvalue weighted by atomic mass is 10.1. The summed E-state index contributed by atoms with van der Waals surface area (Å²) in [6, 6.07) is -0.742. The van der Waals surface area contributed by atoms with Crippen LogP contribution < -0.4 is 5.11 Å². The zero-order valence-electron chi connectivity index (χ0n) is 31.1. The van der Waals surface area contributed by atoms with E-state index in [2.05, 4.69) is 62.5 Å². The van der Waals surface area contributed by atoms with Crippen LogP contribution in [0.15, 0.2) is 85.1 Å². The highest BCUT2D eigenvalue weighted by atomic mass is 16.6. The molecule has 0 rings (SSSR count). The number of carbonyl (C=O) groups excluding carboxylic acids is 3. The number of unbranched alkanes of at least 4 members (excludes halogenated alkanes) is 5. The fourth-order valence-corrected chi connectivity index (χ4v) is 4.56. The number of hydrogen-bond donors (Lipinski definition) is 0. The average Bonchev–Trinajstić information content (AvgIpc) is 3.05. The Bertz CT molecular complexity index is 1080. The van der Waals surface area contributed by atoms with E-state index in [1.54, 1.807) is 21.1 Å². The van der Waals surface area contributed by atoms with Crippen LogP contribution in [0.25, 0.3) is 0 Å². The minimum Gasteiger partial charge on any atom is -0.544 e. The summed E-state index contributed by atoms with van der Waals surface area (Å²) in [5.74, 6) is -1.86. The first-order valence-corrected chi connectivity index (χ1v) is 18.2. The molecule has 0 radical (unpaired) electrons. The van der Waals surface area contributed by atoms with Crippen LogP contribution in [0.4, 0.5) is 0 Å². The number of nitrogens with zero attached hydrogens (tertiary/aromatic N) is 1. The van der Waals surface area contributed by atoms with E-state index < -0.39 is 18.1 Å². The van der Waals surface area contributed by atoms with Crippen molar-refractivity contribution in [3.63, 3.8) is 0 Å². The van der Waals surface area contributed by atoms with Gasteiger partial charge in [-0.1, -0.05) is 105 Å². The van der Waals surface area contributed by atoms with Crippen LogP contribution in [0, 0.1) is 0 Å². The molecule has 0 aliphatic heterocycles. The van der Waals surface area contributed by atoms with E-state index in [0.717, 1.165) is 57.8 Å². The van der Waals surface area contributed by atoms with Crippen molar-refractivity contribution in [1.29, 1.82) is 0 Å². The topological polar surface area (TPSA) is 102 Å². The van der Waals surface area contributed by atoms with Crippen LogP contribution in [0.3, 0.4) is 0 Å². The fourth-order valence-electron chi connectivity index (χ4n) is 4.56. The first-order valence-electron chi connectivity index (χ1n) is 18.2. The predicted octanol–water partition coefficient (Wildman–Crippen LogP) is 7.68. The summed E-state index contributed by atoms with van der Waals surface area (Å²) in [5.41, 5.74) is 0. The van der Waals surface area contributed by atoms with Crippen molar-refractivity contribution in [2.45, 2.75) is 116 Å². The molecule has 0 aromatic carbocycles. The molecule has 0 spiro atoms. The molecule has 276 valence electrons. The van der Waals surface area contributed by atoms with E-state index >= 15 is 0 Å². The lowest BCUT2D eigenvalue weighted by molar-refractivity contribution is -0.889. The fraction of sp³-hybridized carbons (Fsp3) is 0.585. The van der Waals surface area contributed by atoms with E-state index in [9.17, 15) is 19.5 Å². The van der Waals surface area contributed by atoms with E-state index in [4.69, 9.17) is 14.2 Å². The molecule has 0 heterocycles. The Balaban J connectivity index is 4.61. The number of esters is 2. The number of carbonyl (C=O) groups is 3. The Hall–Kier alpha value is -3.49. The van der Waals surface area contributed by atoms with Gasteiger partial charge in [0.25, 0.3) is 0 Å². The molecule has 49 heavy (non-hydrogen) atoms. The largest absolute Gasteiger partial charge is 0.544 e. The average molecular weight is 684 g/mol. The van der Waals surface area contributed by atoms with Gasteiger partial charge in [0.1, 0.15) is 12.6 Å². The van der Waals surface area contributed by atoms with Crippen molar-refractivity contribution in [2.75, 3.05) is 41.0 Å². The van der Waals surface area contributed by atoms with E-state index in [1.165, 1.54) is 0 Å². The normalized spacial score (nSPS) is 14.1. The molecule has 0 aliphatic carbocycles. The summed E-state index contributed by atoms with van der Waals surface area (Å²) in [6.07, 6.45) is 39.1. The molecule has 0 aromatic rings. The van der Waals surface area contributed by atoms with Gasteiger partial charge in [0.05, 0.1) is 40.3 Å². The van der Waals surface area contributed by atoms with E-state index in [-0.39, 0.29) is 55.5 Å². The molecule has 2 atom stereocenters. The zero-order chi connectivity index (χ0) is 36.4. The van der Waals surface area contributed by atoms with Gasteiger partial charge < -0.3 is 28.6 Å². The number of rotatable bonds is 30. The second-order valence-electron chi connectivity index (χ2n) is 12.8. The molecule has 0 aliphatic rings. The molecule has 0 amide bonds. The lowest BCUT2D eigenvalue weighted by Crippen LogP contribution is -2.55. The SMILES string of the molecule is CC/C=C/C=C/C=C/C=C/CCCCCC(=O)OCC(COCCC(C(=O)[O-])[N+](C)(C)C)OC(=O)CCCC/C=C/C/C=C/C/C=C/CC. The van der Waals surface area contributed by atoms with Crippen molar-refractivity contribution < 1.29 is 38.2 Å². The van der Waals surface area contributed by atoms with Crippen molar-refractivity contribution in [3.8, 4) is 0 Å². The molecule has 2 unspecified atom stereocenters. The molecule has 0 bridgehead atoms. The standard InChI is InChI=1S/C41H65NO7/c1-6-8-10-12-14-16-18-20-22-23-25-27-29-31-39(43)48-36-37(35-47-34-33-38(41(45)46)42(3,4)5)49-40(44)32-30-28-26-24-21-19-17-15-13-11-9-7-2/h8-12,14-18,20-22,24,37-38H,6-7,13,19,23,25-36H2,1-5H3/b10-8+,11-9+,14-12+,17-15+,18-16+,22-20+,24-21+. The lowest BCUT2D eigenvalue weighted by Gasteiger charge is -2.34. The monoisotopic (exact) mass is 683 g/mol. The summed E-state index contributed by atoms with van der Waals surface area (Å²) in [7, 11) is 5.35. The van der Waals surface area contributed by atoms with Gasteiger partial charge in [0.2, 0.25) is 0 Å². The Labute approximate surface area is 297 Å². The van der Waals surface area contributed by atoms with Gasteiger partial charge in [-0.15, -0.1) is 0 Å². The molecule has 8 nitrogen and oxygen atoms in total. The van der Waals surface area contributed by atoms with Gasteiger partial charge in [0, 0.05) is 19.3 Å². The maximum atomic E-state index is 12.6. The molecule has 8 heteroatoms. The number of quaternary nitrogens is 1. The van der Waals surface area contributed by atoms with Crippen LogP contribution in [-0.2, 0) is 28.6 Å². The Morgan fingerprint density at radius 2 is 1.18 bits per heavy atom. The van der Waals surface area contributed by atoms with Crippen molar-refractivity contribution in [3.05, 3.63) is 85.1 Å². The number of carboxylic acid groups (broad SMARTS) is 1. The molecule has 0 saturated carbocycles. The van der Waals surface area contributed by atoms with E-state index in [1.807, 2.05) is 36.5 Å².